The molecule has 1 aromatic carbocycles. The van der Waals surface area contributed by atoms with Gasteiger partial charge in [0, 0.05) is 0 Å². The number of aliphatic hydroxyl groups is 1. The molecule has 0 unspecified atom stereocenters. The third-order valence-electron chi connectivity index (χ3n) is 1.74. The van der Waals surface area contributed by atoms with Crippen molar-refractivity contribution in [3.05, 3.63) is 24.3 Å². The van der Waals surface area contributed by atoms with Crippen molar-refractivity contribution in [1.82, 2.24) is 0 Å². The van der Waals surface area contributed by atoms with Crippen LogP contribution in [0.15, 0.2) is 24.3 Å². The van der Waals surface area contributed by atoms with Gasteiger partial charge in [-0.1, -0.05) is 18.1 Å². The molecule has 0 saturated carbocycles. The fraction of sp³-hybridized carbons (Fsp3) is 0.385. The molecule has 0 aliphatic rings. The highest BCUT2D eigenvalue weighted by atomic mass is 16.5. The van der Waals surface area contributed by atoms with Gasteiger partial charge in [0.15, 0.2) is 11.5 Å². The first-order chi connectivity index (χ1) is 7.53. The number of terminal acetylenes is 1. The van der Waals surface area contributed by atoms with E-state index in [-0.39, 0.29) is 13.2 Å². The summed E-state index contributed by atoms with van der Waals surface area (Å²) in [7, 11) is 0. The molecule has 1 rings (SSSR count). The topological polar surface area (TPSA) is 38.7 Å². The van der Waals surface area contributed by atoms with Gasteiger partial charge in [-0.05, 0) is 26.0 Å². The van der Waals surface area contributed by atoms with Crippen LogP contribution in [0.1, 0.15) is 13.8 Å². The Morgan fingerprint density at radius 1 is 1.25 bits per heavy atom. The fourth-order valence-electron chi connectivity index (χ4n) is 1.06. The lowest BCUT2D eigenvalue weighted by Gasteiger charge is -2.19. The standard InChI is InChI=1S/C13H16O3/c1-4-9-15-11-7-5-6-8-12(11)16-10-13(2,3)14/h1,5-8,14H,9-10H2,2-3H3. The second-order valence-electron chi connectivity index (χ2n) is 4.04. The number of hydrogen-bond acceptors (Lipinski definition) is 3. The van der Waals surface area contributed by atoms with E-state index in [0.29, 0.717) is 11.5 Å². The lowest BCUT2D eigenvalue weighted by Crippen LogP contribution is -2.28. The van der Waals surface area contributed by atoms with E-state index in [1.165, 1.54) is 0 Å². The van der Waals surface area contributed by atoms with Crippen LogP contribution in [0.4, 0.5) is 0 Å². The van der Waals surface area contributed by atoms with Crippen LogP contribution in [0, 0.1) is 12.3 Å². The Balaban J connectivity index is 2.68. The zero-order valence-electron chi connectivity index (χ0n) is 9.56. The van der Waals surface area contributed by atoms with E-state index in [0.717, 1.165) is 0 Å². The van der Waals surface area contributed by atoms with Crippen LogP contribution in [0.5, 0.6) is 11.5 Å². The summed E-state index contributed by atoms with van der Waals surface area (Å²) in [6.45, 7) is 3.75. The van der Waals surface area contributed by atoms with Gasteiger partial charge in [0.2, 0.25) is 0 Å². The first-order valence-corrected chi connectivity index (χ1v) is 5.03. The average molecular weight is 220 g/mol. The second-order valence-corrected chi connectivity index (χ2v) is 4.04. The summed E-state index contributed by atoms with van der Waals surface area (Å²) in [4.78, 5) is 0. The zero-order chi connectivity index (χ0) is 12.0. The first-order valence-electron chi connectivity index (χ1n) is 5.03. The molecule has 0 aliphatic heterocycles. The van der Waals surface area contributed by atoms with Crippen LogP contribution in [0.2, 0.25) is 0 Å². The third-order valence-corrected chi connectivity index (χ3v) is 1.74. The Bertz CT molecular complexity index is 371. The molecule has 0 aromatic heterocycles. The summed E-state index contributed by atoms with van der Waals surface area (Å²) >= 11 is 0. The van der Waals surface area contributed by atoms with Crippen molar-refractivity contribution < 1.29 is 14.6 Å². The molecule has 3 nitrogen and oxygen atoms in total. The Morgan fingerprint density at radius 3 is 2.31 bits per heavy atom. The molecule has 16 heavy (non-hydrogen) atoms. The largest absolute Gasteiger partial charge is 0.487 e. The van der Waals surface area contributed by atoms with Crippen LogP contribution in [0.25, 0.3) is 0 Å². The number of ether oxygens (including phenoxy) is 2. The Labute approximate surface area is 96.0 Å². The Morgan fingerprint density at radius 2 is 1.81 bits per heavy atom. The monoisotopic (exact) mass is 220 g/mol. The molecule has 0 amide bonds. The normalized spacial score (nSPS) is 10.6. The molecule has 0 saturated heterocycles. The van der Waals surface area contributed by atoms with Gasteiger partial charge in [0.1, 0.15) is 13.2 Å². The molecule has 0 fully saturated rings. The summed E-state index contributed by atoms with van der Waals surface area (Å²) in [5.41, 5.74) is -0.876. The summed E-state index contributed by atoms with van der Waals surface area (Å²) < 4.78 is 10.8. The highest BCUT2D eigenvalue weighted by molar-refractivity contribution is 5.39. The average Bonchev–Trinajstić information content (AvgIpc) is 2.23. The minimum atomic E-state index is -0.876. The lowest BCUT2D eigenvalue weighted by atomic mass is 10.2. The van der Waals surface area contributed by atoms with Gasteiger partial charge in [0.05, 0.1) is 5.60 Å². The van der Waals surface area contributed by atoms with Crippen molar-refractivity contribution in [2.45, 2.75) is 19.4 Å². The van der Waals surface area contributed by atoms with Crippen molar-refractivity contribution in [3.8, 4) is 23.8 Å². The van der Waals surface area contributed by atoms with Gasteiger partial charge in [0.25, 0.3) is 0 Å². The predicted octanol–water partition coefficient (Wildman–Crippen LogP) is 1.85. The molecule has 3 heteroatoms. The van der Waals surface area contributed by atoms with E-state index in [1.807, 2.05) is 12.1 Å². The van der Waals surface area contributed by atoms with Gasteiger partial charge >= 0.3 is 0 Å². The lowest BCUT2D eigenvalue weighted by molar-refractivity contribution is 0.0275. The molecule has 0 bridgehead atoms. The molecule has 0 atom stereocenters. The minimum Gasteiger partial charge on any atom is -0.487 e. The van der Waals surface area contributed by atoms with Crippen LogP contribution in [-0.4, -0.2) is 23.9 Å². The first kappa shape index (κ1) is 12.4. The van der Waals surface area contributed by atoms with Gasteiger partial charge in [-0.3, -0.25) is 0 Å². The maximum absolute atomic E-state index is 9.55. The summed E-state index contributed by atoms with van der Waals surface area (Å²) in [6.07, 6.45) is 5.11. The van der Waals surface area contributed by atoms with Crippen molar-refractivity contribution in [3.63, 3.8) is 0 Å². The Hall–Kier alpha value is -1.66. The third kappa shape index (κ3) is 4.24. The quantitative estimate of drug-likeness (QED) is 0.770. The number of hydrogen-bond donors (Lipinski definition) is 1. The summed E-state index contributed by atoms with van der Waals surface area (Å²) in [5.74, 6) is 3.56. The van der Waals surface area contributed by atoms with Crippen molar-refractivity contribution in [1.29, 1.82) is 0 Å². The summed E-state index contributed by atoms with van der Waals surface area (Å²) in [5, 5.41) is 9.55. The maximum atomic E-state index is 9.55. The molecule has 0 radical (unpaired) electrons. The molecule has 0 heterocycles. The minimum absolute atomic E-state index is 0.197. The van der Waals surface area contributed by atoms with Gasteiger partial charge in [-0.15, -0.1) is 6.42 Å². The van der Waals surface area contributed by atoms with E-state index in [1.54, 1.807) is 26.0 Å². The smallest absolute Gasteiger partial charge is 0.162 e. The maximum Gasteiger partial charge on any atom is 0.162 e. The van der Waals surface area contributed by atoms with E-state index < -0.39 is 5.60 Å². The highest BCUT2D eigenvalue weighted by Gasteiger charge is 2.14. The number of benzene rings is 1. The highest BCUT2D eigenvalue weighted by Crippen LogP contribution is 2.26. The zero-order valence-corrected chi connectivity index (χ0v) is 9.56. The molecular weight excluding hydrogens is 204 g/mol. The van der Waals surface area contributed by atoms with Crippen molar-refractivity contribution >= 4 is 0 Å². The van der Waals surface area contributed by atoms with E-state index in [9.17, 15) is 5.11 Å². The van der Waals surface area contributed by atoms with Gasteiger partial charge in [-0.2, -0.15) is 0 Å². The predicted molar refractivity (Wildman–Crippen MR) is 62.6 cm³/mol. The molecule has 86 valence electrons. The van der Waals surface area contributed by atoms with Crippen molar-refractivity contribution in [2.24, 2.45) is 0 Å². The molecule has 0 spiro atoms. The SMILES string of the molecule is C#CCOc1ccccc1OCC(C)(C)O. The van der Waals surface area contributed by atoms with Crippen molar-refractivity contribution in [2.75, 3.05) is 13.2 Å². The Kier molecular flexibility index (Phi) is 4.21. The molecule has 1 N–H and O–H groups in total. The van der Waals surface area contributed by atoms with Crippen LogP contribution in [-0.2, 0) is 0 Å². The molecule has 1 aromatic rings. The second kappa shape index (κ2) is 5.43. The van der Waals surface area contributed by atoms with Crippen LogP contribution < -0.4 is 9.47 Å². The van der Waals surface area contributed by atoms with E-state index >= 15 is 0 Å². The van der Waals surface area contributed by atoms with E-state index in [4.69, 9.17) is 15.9 Å². The molecular formula is C13H16O3. The fourth-order valence-corrected chi connectivity index (χ4v) is 1.06. The van der Waals surface area contributed by atoms with Gasteiger partial charge in [-0.25, -0.2) is 0 Å². The number of rotatable bonds is 5. The van der Waals surface area contributed by atoms with Crippen LogP contribution >= 0.6 is 0 Å². The number of para-hydroxylation sites is 2. The van der Waals surface area contributed by atoms with Crippen LogP contribution in [0.3, 0.4) is 0 Å². The van der Waals surface area contributed by atoms with Gasteiger partial charge < -0.3 is 14.6 Å². The van der Waals surface area contributed by atoms with E-state index in [2.05, 4.69) is 5.92 Å². The summed E-state index contributed by atoms with van der Waals surface area (Å²) in [6, 6.07) is 7.22. The molecule has 0 aliphatic carbocycles.